The molecular formula is C13H22N4O2S. The molecule has 1 aromatic rings. The van der Waals surface area contributed by atoms with Crippen molar-refractivity contribution in [2.45, 2.75) is 44.8 Å². The Labute approximate surface area is 123 Å². The minimum atomic E-state index is -0.825. The number of aromatic nitrogens is 3. The monoisotopic (exact) mass is 298 g/mol. The van der Waals surface area contributed by atoms with E-state index < -0.39 is 5.97 Å². The number of carboxylic acid groups (broad SMARTS) is 1. The van der Waals surface area contributed by atoms with Gasteiger partial charge in [0.2, 0.25) is 5.95 Å². The van der Waals surface area contributed by atoms with Crippen LogP contribution in [-0.4, -0.2) is 44.7 Å². The van der Waals surface area contributed by atoms with Crippen LogP contribution in [0.4, 0.5) is 5.95 Å². The third kappa shape index (κ3) is 3.65. The molecule has 0 bridgehead atoms. The van der Waals surface area contributed by atoms with E-state index in [0.717, 1.165) is 32.0 Å². The molecule has 2 heterocycles. The number of anilines is 1. The van der Waals surface area contributed by atoms with Gasteiger partial charge in [-0.1, -0.05) is 25.6 Å². The lowest BCUT2D eigenvalue weighted by Gasteiger charge is -2.31. The maximum Gasteiger partial charge on any atom is 0.313 e. The van der Waals surface area contributed by atoms with Gasteiger partial charge in [0.15, 0.2) is 5.16 Å². The normalized spacial score (nSPS) is 19.3. The van der Waals surface area contributed by atoms with Crippen LogP contribution in [0.25, 0.3) is 0 Å². The minimum absolute atomic E-state index is 0.0260. The van der Waals surface area contributed by atoms with Crippen LogP contribution in [0.2, 0.25) is 0 Å². The second-order valence-corrected chi connectivity index (χ2v) is 6.25. The Morgan fingerprint density at radius 3 is 2.95 bits per heavy atom. The summed E-state index contributed by atoms with van der Waals surface area (Å²) in [6.45, 7) is 7.21. The molecule has 1 fully saturated rings. The summed E-state index contributed by atoms with van der Waals surface area (Å²) in [5.41, 5.74) is 0. The average molecular weight is 298 g/mol. The third-order valence-corrected chi connectivity index (χ3v) is 4.36. The quantitative estimate of drug-likeness (QED) is 0.811. The van der Waals surface area contributed by atoms with Crippen molar-refractivity contribution < 1.29 is 9.90 Å². The molecule has 112 valence electrons. The summed E-state index contributed by atoms with van der Waals surface area (Å²) in [5.74, 6) is 0.768. The summed E-state index contributed by atoms with van der Waals surface area (Å²) >= 11 is 1.24. The Balaban J connectivity index is 2.16. The molecule has 1 aromatic heterocycles. The van der Waals surface area contributed by atoms with Gasteiger partial charge in [-0.2, -0.15) is 0 Å². The van der Waals surface area contributed by atoms with Gasteiger partial charge in [-0.05, 0) is 25.2 Å². The lowest BCUT2D eigenvalue weighted by atomic mass is 10.0. The Bertz CT molecular complexity index is 463. The van der Waals surface area contributed by atoms with Gasteiger partial charge in [-0.15, -0.1) is 10.2 Å². The zero-order valence-electron chi connectivity index (χ0n) is 12.1. The molecule has 7 heteroatoms. The number of carbonyl (C=O) groups is 1. The van der Waals surface area contributed by atoms with E-state index in [0.29, 0.717) is 11.1 Å². The summed E-state index contributed by atoms with van der Waals surface area (Å²) < 4.78 is 2.06. The Hall–Kier alpha value is -1.24. The second-order valence-electron chi connectivity index (χ2n) is 5.31. The van der Waals surface area contributed by atoms with Crippen LogP contribution < -0.4 is 4.90 Å². The highest BCUT2D eigenvalue weighted by molar-refractivity contribution is 7.99. The Morgan fingerprint density at radius 2 is 2.30 bits per heavy atom. The SMILES string of the molecule is CCCn1c(SCC(=O)O)nnc1N1CCCC(C)C1. The van der Waals surface area contributed by atoms with Crippen LogP contribution in [0, 0.1) is 5.92 Å². The van der Waals surface area contributed by atoms with Crippen LogP contribution in [-0.2, 0) is 11.3 Å². The second kappa shape index (κ2) is 6.97. The zero-order chi connectivity index (χ0) is 14.5. The first-order valence-corrected chi connectivity index (χ1v) is 8.13. The molecule has 1 atom stereocenters. The lowest BCUT2D eigenvalue weighted by Crippen LogP contribution is -2.36. The van der Waals surface area contributed by atoms with Crippen molar-refractivity contribution in [3.63, 3.8) is 0 Å². The summed E-state index contributed by atoms with van der Waals surface area (Å²) in [6.07, 6.45) is 3.42. The van der Waals surface area contributed by atoms with Gasteiger partial charge in [-0.3, -0.25) is 9.36 Å². The maximum absolute atomic E-state index is 10.7. The topological polar surface area (TPSA) is 71.2 Å². The van der Waals surface area contributed by atoms with E-state index >= 15 is 0 Å². The molecule has 0 spiro atoms. The molecule has 0 aromatic carbocycles. The third-order valence-electron chi connectivity index (χ3n) is 3.41. The van der Waals surface area contributed by atoms with Gasteiger partial charge in [0, 0.05) is 19.6 Å². The largest absolute Gasteiger partial charge is 0.481 e. The zero-order valence-corrected chi connectivity index (χ0v) is 12.9. The first-order valence-electron chi connectivity index (χ1n) is 7.14. The van der Waals surface area contributed by atoms with Gasteiger partial charge in [0.05, 0.1) is 5.75 Å². The van der Waals surface area contributed by atoms with Crippen molar-refractivity contribution in [2.75, 3.05) is 23.7 Å². The first kappa shape index (κ1) is 15.2. The maximum atomic E-state index is 10.7. The standard InChI is InChI=1S/C13H22N4O2S/c1-3-6-17-12(16-7-4-5-10(2)8-16)14-15-13(17)20-9-11(18)19/h10H,3-9H2,1-2H3,(H,18,19). The van der Waals surface area contributed by atoms with E-state index in [2.05, 4.69) is 33.5 Å². The molecule has 1 saturated heterocycles. The van der Waals surface area contributed by atoms with Crippen molar-refractivity contribution in [1.82, 2.24) is 14.8 Å². The van der Waals surface area contributed by atoms with Crippen LogP contribution in [0.1, 0.15) is 33.1 Å². The highest BCUT2D eigenvalue weighted by Gasteiger charge is 2.23. The fourth-order valence-corrected chi connectivity index (χ4v) is 3.22. The Morgan fingerprint density at radius 1 is 1.50 bits per heavy atom. The first-order chi connectivity index (χ1) is 9.61. The van der Waals surface area contributed by atoms with E-state index in [9.17, 15) is 4.79 Å². The number of aliphatic carboxylic acids is 1. The summed E-state index contributed by atoms with van der Waals surface area (Å²) in [6, 6.07) is 0. The molecule has 0 saturated carbocycles. The number of piperidine rings is 1. The van der Waals surface area contributed by atoms with E-state index in [1.54, 1.807) is 0 Å². The van der Waals surface area contributed by atoms with Crippen molar-refractivity contribution >= 4 is 23.7 Å². The van der Waals surface area contributed by atoms with Crippen LogP contribution in [0.5, 0.6) is 0 Å². The fraction of sp³-hybridized carbons (Fsp3) is 0.769. The summed E-state index contributed by atoms with van der Waals surface area (Å²) in [5, 5.41) is 18.0. The average Bonchev–Trinajstić information content (AvgIpc) is 2.80. The fourth-order valence-electron chi connectivity index (χ4n) is 2.54. The molecule has 1 N–H and O–H groups in total. The van der Waals surface area contributed by atoms with Crippen molar-refractivity contribution in [1.29, 1.82) is 0 Å². The predicted molar refractivity (Wildman–Crippen MR) is 79.3 cm³/mol. The molecule has 1 aliphatic heterocycles. The van der Waals surface area contributed by atoms with Gasteiger partial charge in [-0.25, -0.2) is 0 Å². The molecule has 1 unspecified atom stereocenters. The van der Waals surface area contributed by atoms with Crippen LogP contribution in [0.15, 0.2) is 5.16 Å². The van der Waals surface area contributed by atoms with Gasteiger partial charge in [0.25, 0.3) is 0 Å². The van der Waals surface area contributed by atoms with Gasteiger partial charge in [0.1, 0.15) is 0 Å². The van der Waals surface area contributed by atoms with E-state index in [-0.39, 0.29) is 5.75 Å². The van der Waals surface area contributed by atoms with Gasteiger partial charge >= 0.3 is 5.97 Å². The highest BCUT2D eigenvalue weighted by Crippen LogP contribution is 2.26. The van der Waals surface area contributed by atoms with E-state index in [4.69, 9.17) is 5.11 Å². The molecule has 1 aliphatic rings. The smallest absolute Gasteiger partial charge is 0.313 e. The molecular weight excluding hydrogens is 276 g/mol. The van der Waals surface area contributed by atoms with Crippen molar-refractivity contribution in [3.8, 4) is 0 Å². The number of thioether (sulfide) groups is 1. The number of nitrogens with zero attached hydrogens (tertiary/aromatic N) is 4. The minimum Gasteiger partial charge on any atom is -0.481 e. The number of rotatable bonds is 6. The number of hydrogen-bond acceptors (Lipinski definition) is 5. The lowest BCUT2D eigenvalue weighted by molar-refractivity contribution is -0.133. The molecule has 20 heavy (non-hydrogen) atoms. The van der Waals surface area contributed by atoms with E-state index in [1.165, 1.54) is 24.6 Å². The molecule has 0 amide bonds. The molecule has 2 rings (SSSR count). The molecule has 6 nitrogen and oxygen atoms in total. The predicted octanol–water partition coefficient (Wildman–Crippen LogP) is 2.10. The summed E-state index contributed by atoms with van der Waals surface area (Å²) in [7, 11) is 0. The number of carboxylic acids is 1. The summed E-state index contributed by atoms with van der Waals surface area (Å²) in [4.78, 5) is 13.0. The van der Waals surface area contributed by atoms with Crippen LogP contribution in [0.3, 0.4) is 0 Å². The van der Waals surface area contributed by atoms with Crippen molar-refractivity contribution in [2.24, 2.45) is 5.92 Å². The van der Waals surface area contributed by atoms with E-state index in [1.807, 2.05) is 0 Å². The number of hydrogen-bond donors (Lipinski definition) is 1. The Kier molecular flexibility index (Phi) is 5.28. The van der Waals surface area contributed by atoms with Crippen molar-refractivity contribution in [3.05, 3.63) is 0 Å². The van der Waals surface area contributed by atoms with Crippen LogP contribution >= 0.6 is 11.8 Å². The molecule has 0 aliphatic carbocycles. The molecule has 0 radical (unpaired) electrons. The van der Waals surface area contributed by atoms with Gasteiger partial charge < -0.3 is 10.0 Å². The highest BCUT2D eigenvalue weighted by atomic mass is 32.2.